The first-order chi connectivity index (χ1) is 7.97. The quantitative estimate of drug-likeness (QED) is 0.848. The SMILES string of the molecule is Cc1cc2nc(NC(=O)C(C)Cl)sc2cc1C. The molecule has 1 atom stereocenters. The lowest BCUT2D eigenvalue weighted by molar-refractivity contribution is -0.115. The minimum Gasteiger partial charge on any atom is -0.301 e. The molecule has 0 aliphatic carbocycles. The number of fused-ring (bicyclic) bond motifs is 1. The van der Waals surface area contributed by atoms with Crippen molar-refractivity contribution < 1.29 is 4.79 Å². The van der Waals surface area contributed by atoms with Crippen molar-refractivity contribution >= 4 is 44.2 Å². The molecule has 0 aliphatic rings. The van der Waals surface area contributed by atoms with Gasteiger partial charge in [-0.05, 0) is 44.0 Å². The van der Waals surface area contributed by atoms with Gasteiger partial charge in [-0.2, -0.15) is 0 Å². The second-order valence-electron chi connectivity index (χ2n) is 4.03. The number of aryl methyl sites for hydroxylation is 2. The molecule has 17 heavy (non-hydrogen) atoms. The van der Waals surface area contributed by atoms with E-state index in [0.717, 1.165) is 10.2 Å². The van der Waals surface area contributed by atoms with Crippen LogP contribution in [0.3, 0.4) is 0 Å². The number of carbonyl (C=O) groups is 1. The topological polar surface area (TPSA) is 42.0 Å². The van der Waals surface area contributed by atoms with Gasteiger partial charge in [0.25, 0.3) is 0 Å². The number of halogens is 1. The molecule has 1 unspecified atom stereocenters. The first-order valence-electron chi connectivity index (χ1n) is 5.30. The Kier molecular flexibility index (Phi) is 3.35. The number of carbonyl (C=O) groups excluding carboxylic acids is 1. The standard InChI is InChI=1S/C12H13ClN2OS/c1-6-4-9-10(5-7(6)2)17-12(14-9)15-11(16)8(3)13/h4-5,8H,1-3H3,(H,14,15,16). The van der Waals surface area contributed by atoms with Crippen molar-refractivity contribution in [2.75, 3.05) is 5.32 Å². The van der Waals surface area contributed by atoms with Crippen LogP contribution in [-0.4, -0.2) is 16.3 Å². The molecule has 0 aliphatic heterocycles. The molecule has 0 bridgehead atoms. The lowest BCUT2D eigenvalue weighted by Crippen LogP contribution is -2.19. The summed E-state index contributed by atoms with van der Waals surface area (Å²) in [4.78, 5) is 15.8. The molecular formula is C12H13ClN2OS. The van der Waals surface area contributed by atoms with Crippen LogP contribution >= 0.6 is 22.9 Å². The highest BCUT2D eigenvalue weighted by Crippen LogP contribution is 2.28. The third-order valence-corrected chi connectivity index (χ3v) is 3.73. The molecule has 0 radical (unpaired) electrons. The van der Waals surface area contributed by atoms with Gasteiger partial charge in [0.05, 0.1) is 10.2 Å². The number of alkyl halides is 1. The number of aromatic nitrogens is 1. The van der Waals surface area contributed by atoms with Gasteiger partial charge >= 0.3 is 0 Å². The zero-order valence-electron chi connectivity index (χ0n) is 9.87. The maximum atomic E-state index is 11.4. The van der Waals surface area contributed by atoms with E-state index in [9.17, 15) is 4.79 Å². The van der Waals surface area contributed by atoms with Gasteiger partial charge in [-0.3, -0.25) is 4.79 Å². The van der Waals surface area contributed by atoms with Gasteiger partial charge < -0.3 is 5.32 Å². The van der Waals surface area contributed by atoms with E-state index in [-0.39, 0.29) is 5.91 Å². The van der Waals surface area contributed by atoms with E-state index in [4.69, 9.17) is 11.6 Å². The average molecular weight is 269 g/mol. The predicted molar refractivity (Wildman–Crippen MR) is 73.0 cm³/mol. The molecule has 2 aromatic rings. The van der Waals surface area contributed by atoms with Gasteiger partial charge in [0.1, 0.15) is 5.38 Å². The van der Waals surface area contributed by atoms with Crippen LogP contribution in [0.1, 0.15) is 18.1 Å². The monoisotopic (exact) mass is 268 g/mol. The Bertz CT molecular complexity index is 538. The van der Waals surface area contributed by atoms with Crippen LogP contribution in [0.2, 0.25) is 0 Å². The summed E-state index contributed by atoms with van der Waals surface area (Å²) in [5, 5.41) is 2.76. The Morgan fingerprint density at radius 1 is 1.41 bits per heavy atom. The maximum absolute atomic E-state index is 11.4. The minimum atomic E-state index is -0.550. The van der Waals surface area contributed by atoms with E-state index < -0.39 is 5.38 Å². The van der Waals surface area contributed by atoms with Gasteiger partial charge in [0, 0.05) is 0 Å². The highest BCUT2D eigenvalue weighted by molar-refractivity contribution is 7.22. The third-order valence-electron chi connectivity index (χ3n) is 2.60. The fourth-order valence-electron chi connectivity index (χ4n) is 1.44. The molecule has 1 N–H and O–H groups in total. The Hall–Kier alpha value is -1.13. The van der Waals surface area contributed by atoms with Crippen molar-refractivity contribution in [1.29, 1.82) is 0 Å². The Morgan fingerprint density at radius 3 is 2.71 bits per heavy atom. The molecule has 0 saturated carbocycles. The van der Waals surface area contributed by atoms with Crippen LogP contribution in [0, 0.1) is 13.8 Å². The Balaban J connectivity index is 2.35. The normalized spacial score (nSPS) is 12.7. The zero-order valence-corrected chi connectivity index (χ0v) is 11.4. The van der Waals surface area contributed by atoms with Crippen LogP contribution in [0.25, 0.3) is 10.2 Å². The summed E-state index contributed by atoms with van der Waals surface area (Å²) in [7, 11) is 0. The fraction of sp³-hybridized carbons (Fsp3) is 0.333. The Labute approximate surface area is 109 Å². The molecule has 0 spiro atoms. The second-order valence-corrected chi connectivity index (χ2v) is 5.71. The first kappa shape index (κ1) is 12.3. The smallest absolute Gasteiger partial charge is 0.243 e. The maximum Gasteiger partial charge on any atom is 0.243 e. The number of thiazole rings is 1. The van der Waals surface area contributed by atoms with Crippen molar-refractivity contribution in [3.63, 3.8) is 0 Å². The number of nitrogens with zero attached hydrogens (tertiary/aromatic N) is 1. The molecule has 1 aromatic heterocycles. The lowest BCUT2D eigenvalue weighted by atomic mass is 10.1. The fourth-order valence-corrected chi connectivity index (χ4v) is 2.44. The van der Waals surface area contributed by atoms with Crippen molar-refractivity contribution in [1.82, 2.24) is 4.98 Å². The number of amides is 1. The molecule has 1 amide bonds. The van der Waals surface area contributed by atoms with Crippen molar-refractivity contribution in [2.45, 2.75) is 26.1 Å². The molecule has 5 heteroatoms. The van der Waals surface area contributed by atoms with Crippen LogP contribution in [-0.2, 0) is 4.79 Å². The summed E-state index contributed by atoms with van der Waals surface area (Å²) in [5.74, 6) is -0.223. The lowest BCUT2D eigenvalue weighted by Gasteiger charge is -2.01. The Morgan fingerprint density at radius 2 is 2.06 bits per heavy atom. The van der Waals surface area contributed by atoms with E-state index in [1.807, 2.05) is 13.0 Å². The molecule has 0 fully saturated rings. The summed E-state index contributed by atoms with van der Waals surface area (Å²) in [5.41, 5.74) is 3.34. The van der Waals surface area contributed by atoms with E-state index in [2.05, 4.69) is 23.3 Å². The molecule has 2 rings (SSSR count). The number of rotatable bonds is 2. The average Bonchev–Trinajstić information content (AvgIpc) is 2.60. The van der Waals surface area contributed by atoms with Crippen LogP contribution in [0.4, 0.5) is 5.13 Å². The van der Waals surface area contributed by atoms with Crippen molar-refractivity contribution in [3.8, 4) is 0 Å². The molecule has 3 nitrogen and oxygen atoms in total. The largest absolute Gasteiger partial charge is 0.301 e. The molecule has 90 valence electrons. The van der Waals surface area contributed by atoms with Crippen LogP contribution in [0.5, 0.6) is 0 Å². The highest BCUT2D eigenvalue weighted by atomic mass is 35.5. The van der Waals surface area contributed by atoms with Crippen LogP contribution < -0.4 is 5.32 Å². The molecule has 0 saturated heterocycles. The summed E-state index contributed by atoms with van der Waals surface area (Å²) >= 11 is 7.16. The highest BCUT2D eigenvalue weighted by Gasteiger charge is 2.12. The van der Waals surface area contributed by atoms with Crippen molar-refractivity contribution in [3.05, 3.63) is 23.3 Å². The predicted octanol–water partition coefficient (Wildman–Crippen LogP) is 3.48. The van der Waals surface area contributed by atoms with Crippen LogP contribution in [0.15, 0.2) is 12.1 Å². The third kappa shape index (κ3) is 2.58. The van der Waals surface area contributed by atoms with E-state index in [0.29, 0.717) is 5.13 Å². The molecule has 1 heterocycles. The molecule has 1 aromatic carbocycles. The van der Waals surface area contributed by atoms with Gasteiger partial charge in [-0.15, -0.1) is 11.6 Å². The number of benzene rings is 1. The van der Waals surface area contributed by atoms with E-state index >= 15 is 0 Å². The van der Waals surface area contributed by atoms with E-state index in [1.165, 1.54) is 22.5 Å². The second kappa shape index (κ2) is 4.63. The van der Waals surface area contributed by atoms with Crippen molar-refractivity contribution in [2.24, 2.45) is 0 Å². The van der Waals surface area contributed by atoms with Gasteiger partial charge in [-0.25, -0.2) is 4.98 Å². The van der Waals surface area contributed by atoms with Gasteiger partial charge in [0.2, 0.25) is 5.91 Å². The molecular weight excluding hydrogens is 256 g/mol. The summed E-state index contributed by atoms with van der Waals surface area (Å²) in [6.45, 7) is 5.75. The minimum absolute atomic E-state index is 0.223. The summed E-state index contributed by atoms with van der Waals surface area (Å²) < 4.78 is 1.07. The van der Waals surface area contributed by atoms with E-state index in [1.54, 1.807) is 6.92 Å². The number of anilines is 1. The zero-order chi connectivity index (χ0) is 12.6. The summed E-state index contributed by atoms with van der Waals surface area (Å²) in [6, 6.07) is 4.11. The summed E-state index contributed by atoms with van der Waals surface area (Å²) in [6.07, 6.45) is 0. The van der Waals surface area contributed by atoms with Gasteiger partial charge in [0.15, 0.2) is 5.13 Å². The number of hydrogen-bond acceptors (Lipinski definition) is 3. The number of hydrogen-bond donors (Lipinski definition) is 1. The first-order valence-corrected chi connectivity index (χ1v) is 6.55. The van der Waals surface area contributed by atoms with Gasteiger partial charge in [-0.1, -0.05) is 11.3 Å². The number of nitrogens with one attached hydrogen (secondary N) is 1.